The lowest BCUT2D eigenvalue weighted by Crippen LogP contribution is -2.37. The largest absolute Gasteiger partial charge is 0.480 e. The van der Waals surface area contributed by atoms with Crippen molar-refractivity contribution in [3.05, 3.63) is 24.0 Å². The van der Waals surface area contributed by atoms with Gasteiger partial charge in [-0.15, -0.1) is 0 Å². The van der Waals surface area contributed by atoms with Gasteiger partial charge >= 0.3 is 5.97 Å². The lowest BCUT2D eigenvalue weighted by atomic mass is 10.4. The van der Waals surface area contributed by atoms with Crippen LogP contribution in [-0.2, 0) is 21.4 Å². The van der Waals surface area contributed by atoms with Gasteiger partial charge in [-0.25, -0.2) is 13.1 Å². The predicted molar refractivity (Wildman–Crippen MR) is 53.7 cm³/mol. The van der Waals surface area contributed by atoms with Gasteiger partial charge in [0.25, 0.3) is 0 Å². The monoisotopic (exact) mass is 232 g/mol. The molecule has 1 aromatic heterocycles. The molecule has 0 aromatic carbocycles. The summed E-state index contributed by atoms with van der Waals surface area (Å²) in [6.07, 6.45) is 3.29. The normalized spacial score (nSPS) is 13.7. The zero-order chi connectivity index (χ0) is 11.5. The van der Waals surface area contributed by atoms with Crippen molar-refractivity contribution in [1.29, 1.82) is 0 Å². The summed E-state index contributed by atoms with van der Waals surface area (Å²) in [6.45, 7) is 1.21. The predicted octanol–water partition coefficient (Wildman–Crippen LogP) is -0.0928. The summed E-state index contributed by atoms with van der Waals surface area (Å²) in [4.78, 5) is 13.2. The van der Waals surface area contributed by atoms with Crippen molar-refractivity contribution in [3.8, 4) is 0 Å². The summed E-state index contributed by atoms with van der Waals surface area (Å²) in [5.41, 5.74) is 0.746. The fraction of sp³-hybridized carbons (Fsp3) is 0.375. The lowest BCUT2D eigenvalue weighted by Gasteiger charge is -2.08. The number of nitrogens with one attached hydrogen (secondary N) is 2. The van der Waals surface area contributed by atoms with Crippen LogP contribution in [0.2, 0.25) is 0 Å². The van der Waals surface area contributed by atoms with Crippen molar-refractivity contribution in [2.45, 2.75) is 18.7 Å². The number of carboxylic acids is 1. The second-order valence-corrected chi connectivity index (χ2v) is 5.15. The molecule has 1 heterocycles. The van der Waals surface area contributed by atoms with E-state index in [-0.39, 0.29) is 6.54 Å². The van der Waals surface area contributed by atoms with Crippen molar-refractivity contribution in [2.75, 3.05) is 0 Å². The van der Waals surface area contributed by atoms with Crippen LogP contribution in [0.5, 0.6) is 0 Å². The third-order valence-corrected chi connectivity index (χ3v) is 3.63. The van der Waals surface area contributed by atoms with Gasteiger partial charge in [-0.2, -0.15) is 0 Å². The number of rotatable bonds is 5. The molecular formula is C8H12N2O4S. The molecule has 0 aliphatic carbocycles. The molecule has 0 aliphatic heterocycles. The minimum Gasteiger partial charge on any atom is -0.480 e. The molecule has 0 saturated carbocycles. The van der Waals surface area contributed by atoms with E-state index in [0.29, 0.717) is 0 Å². The second-order valence-electron chi connectivity index (χ2n) is 3.07. The number of sulfonamides is 1. The third kappa shape index (κ3) is 3.07. The SMILES string of the molecule is CC(C(=O)O)S(=O)(=O)NCc1cc[nH]c1. The summed E-state index contributed by atoms with van der Waals surface area (Å²) in [5, 5.41) is 7.10. The number of aliphatic carboxylic acids is 1. The first-order valence-electron chi connectivity index (χ1n) is 4.26. The molecule has 0 amide bonds. The number of hydrogen-bond donors (Lipinski definition) is 3. The van der Waals surface area contributed by atoms with E-state index >= 15 is 0 Å². The first-order chi connectivity index (χ1) is 6.93. The van der Waals surface area contributed by atoms with E-state index < -0.39 is 21.2 Å². The van der Waals surface area contributed by atoms with Gasteiger partial charge in [0.1, 0.15) is 0 Å². The zero-order valence-corrected chi connectivity index (χ0v) is 8.91. The summed E-state index contributed by atoms with van der Waals surface area (Å²) in [5.74, 6) is -1.36. The smallest absolute Gasteiger partial charge is 0.323 e. The van der Waals surface area contributed by atoms with E-state index in [4.69, 9.17) is 5.11 Å². The minimum absolute atomic E-state index is 0.0868. The molecule has 0 spiro atoms. The van der Waals surface area contributed by atoms with Crippen LogP contribution in [0.1, 0.15) is 12.5 Å². The number of carboxylic acid groups (broad SMARTS) is 1. The average molecular weight is 232 g/mol. The number of H-pyrrole nitrogens is 1. The van der Waals surface area contributed by atoms with Gasteiger partial charge in [0.05, 0.1) is 0 Å². The van der Waals surface area contributed by atoms with Crippen LogP contribution in [-0.4, -0.2) is 29.7 Å². The highest BCUT2D eigenvalue weighted by atomic mass is 32.2. The van der Waals surface area contributed by atoms with E-state index in [2.05, 4.69) is 9.71 Å². The Bertz CT molecular complexity index is 424. The number of hydrogen-bond acceptors (Lipinski definition) is 3. The minimum atomic E-state index is -3.80. The highest BCUT2D eigenvalue weighted by molar-refractivity contribution is 7.90. The summed E-state index contributed by atoms with van der Waals surface area (Å²) in [6, 6.07) is 1.70. The molecule has 0 bridgehead atoms. The Hall–Kier alpha value is -1.34. The van der Waals surface area contributed by atoms with Gasteiger partial charge in [0.15, 0.2) is 5.25 Å². The quantitative estimate of drug-likeness (QED) is 0.660. The Morgan fingerprint density at radius 2 is 2.33 bits per heavy atom. The van der Waals surface area contributed by atoms with Gasteiger partial charge in [0, 0.05) is 18.9 Å². The van der Waals surface area contributed by atoms with E-state index in [9.17, 15) is 13.2 Å². The third-order valence-electron chi connectivity index (χ3n) is 1.95. The number of carbonyl (C=O) groups is 1. The molecule has 1 unspecified atom stereocenters. The fourth-order valence-electron chi connectivity index (χ4n) is 0.910. The molecule has 15 heavy (non-hydrogen) atoms. The van der Waals surface area contributed by atoms with E-state index in [1.54, 1.807) is 18.5 Å². The molecule has 1 rings (SSSR count). The van der Waals surface area contributed by atoms with E-state index in [1.807, 2.05) is 0 Å². The Morgan fingerprint density at radius 1 is 1.67 bits per heavy atom. The molecule has 0 radical (unpaired) electrons. The standard InChI is InChI=1S/C8H12N2O4S/c1-6(8(11)12)15(13,14)10-5-7-2-3-9-4-7/h2-4,6,9-10H,5H2,1H3,(H,11,12). The Kier molecular flexibility index (Phi) is 3.48. The summed E-state index contributed by atoms with van der Waals surface area (Å²) in [7, 11) is -3.80. The van der Waals surface area contributed by atoms with Crippen LogP contribution in [0.25, 0.3) is 0 Å². The topological polar surface area (TPSA) is 99.3 Å². The average Bonchev–Trinajstić information content (AvgIpc) is 2.66. The van der Waals surface area contributed by atoms with Crippen molar-refractivity contribution >= 4 is 16.0 Å². The maximum absolute atomic E-state index is 11.4. The molecule has 6 nitrogen and oxygen atoms in total. The highest BCUT2D eigenvalue weighted by Gasteiger charge is 2.26. The van der Waals surface area contributed by atoms with E-state index in [0.717, 1.165) is 12.5 Å². The van der Waals surface area contributed by atoms with Gasteiger partial charge in [0.2, 0.25) is 10.0 Å². The first-order valence-corrected chi connectivity index (χ1v) is 5.81. The number of aromatic amines is 1. The Balaban J connectivity index is 2.62. The molecule has 0 fully saturated rings. The Morgan fingerprint density at radius 3 is 2.80 bits per heavy atom. The van der Waals surface area contributed by atoms with Crippen molar-refractivity contribution < 1.29 is 18.3 Å². The Labute approximate surface area is 87.4 Å². The molecule has 1 atom stereocenters. The molecule has 0 aliphatic rings. The number of aromatic nitrogens is 1. The summed E-state index contributed by atoms with van der Waals surface area (Å²) >= 11 is 0. The molecular weight excluding hydrogens is 220 g/mol. The lowest BCUT2D eigenvalue weighted by molar-refractivity contribution is -0.136. The van der Waals surface area contributed by atoms with Crippen molar-refractivity contribution in [1.82, 2.24) is 9.71 Å². The second kappa shape index (κ2) is 4.45. The van der Waals surface area contributed by atoms with Gasteiger partial charge < -0.3 is 10.1 Å². The maximum atomic E-state index is 11.4. The van der Waals surface area contributed by atoms with Gasteiger partial charge in [-0.05, 0) is 18.6 Å². The van der Waals surface area contributed by atoms with Crippen LogP contribution in [0.3, 0.4) is 0 Å². The van der Waals surface area contributed by atoms with E-state index in [1.165, 1.54) is 0 Å². The van der Waals surface area contributed by atoms with Crippen LogP contribution in [0.15, 0.2) is 18.5 Å². The van der Waals surface area contributed by atoms with Gasteiger partial charge in [-0.3, -0.25) is 4.79 Å². The fourth-order valence-corrected chi connectivity index (χ4v) is 1.79. The summed E-state index contributed by atoms with van der Waals surface area (Å²) < 4.78 is 24.9. The molecule has 1 aromatic rings. The van der Waals surface area contributed by atoms with Crippen molar-refractivity contribution in [3.63, 3.8) is 0 Å². The highest BCUT2D eigenvalue weighted by Crippen LogP contribution is 2.01. The van der Waals surface area contributed by atoms with Crippen LogP contribution < -0.4 is 4.72 Å². The van der Waals surface area contributed by atoms with Crippen LogP contribution in [0, 0.1) is 0 Å². The molecule has 84 valence electrons. The van der Waals surface area contributed by atoms with Crippen LogP contribution in [0.4, 0.5) is 0 Å². The van der Waals surface area contributed by atoms with Gasteiger partial charge in [-0.1, -0.05) is 0 Å². The van der Waals surface area contributed by atoms with Crippen molar-refractivity contribution in [2.24, 2.45) is 0 Å². The molecule has 7 heteroatoms. The molecule has 3 N–H and O–H groups in total. The zero-order valence-electron chi connectivity index (χ0n) is 8.10. The molecule has 0 saturated heterocycles. The maximum Gasteiger partial charge on any atom is 0.323 e. The first kappa shape index (κ1) is 11.7. The van der Waals surface area contributed by atoms with Crippen LogP contribution >= 0.6 is 0 Å².